The molecule has 19 heavy (non-hydrogen) atoms. The molecule has 6 nitrogen and oxygen atoms in total. The number of nitrogens with zero attached hydrogens (tertiary/aromatic N) is 1. The van der Waals surface area contributed by atoms with Gasteiger partial charge in [-0.3, -0.25) is 4.79 Å². The number of hydrogen-bond donors (Lipinski definition) is 2. The summed E-state index contributed by atoms with van der Waals surface area (Å²) in [5, 5.41) is 11.2. The normalized spacial score (nSPS) is 23.2. The minimum atomic E-state index is -0.899. The van der Waals surface area contributed by atoms with Gasteiger partial charge in [-0.1, -0.05) is 0 Å². The van der Waals surface area contributed by atoms with Crippen molar-refractivity contribution in [3.63, 3.8) is 0 Å². The maximum absolute atomic E-state index is 11.8. The molecule has 1 saturated heterocycles. The van der Waals surface area contributed by atoms with Crippen molar-refractivity contribution in [2.75, 3.05) is 26.2 Å². The van der Waals surface area contributed by atoms with Gasteiger partial charge in [-0.15, -0.1) is 0 Å². The molecule has 2 fully saturated rings. The minimum absolute atomic E-state index is 0.0405. The lowest BCUT2D eigenvalue weighted by Crippen LogP contribution is -2.48. The Morgan fingerprint density at radius 2 is 2.11 bits per heavy atom. The fourth-order valence-electron chi connectivity index (χ4n) is 2.20. The first-order valence-electron chi connectivity index (χ1n) is 7.01. The van der Waals surface area contributed by atoms with Crippen LogP contribution in [0.2, 0.25) is 0 Å². The molecule has 1 atom stereocenters. The number of carboxylic acids is 1. The van der Waals surface area contributed by atoms with Crippen molar-refractivity contribution in [2.45, 2.75) is 38.2 Å². The number of rotatable bonds is 6. The Hall–Kier alpha value is -1.30. The van der Waals surface area contributed by atoms with Gasteiger partial charge in [0.25, 0.3) is 0 Å². The molecule has 1 unspecified atom stereocenters. The molecule has 0 radical (unpaired) electrons. The van der Waals surface area contributed by atoms with Gasteiger partial charge in [0.15, 0.2) is 0 Å². The Bertz CT molecular complexity index is 331. The summed E-state index contributed by atoms with van der Waals surface area (Å²) in [6, 6.07) is -0.180. The molecule has 0 aromatic heterocycles. The molecule has 2 N–H and O–H groups in total. The average Bonchev–Trinajstić information content (AvgIpc) is 3.20. The van der Waals surface area contributed by atoms with Crippen LogP contribution in [0.1, 0.15) is 32.1 Å². The Morgan fingerprint density at radius 1 is 1.32 bits per heavy atom. The zero-order valence-electron chi connectivity index (χ0n) is 11.1. The quantitative estimate of drug-likeness (QED) is 0.756. The lowest BCUT2D eigenvalue weighted by molar-refractivity contribution is -0.136. The second-order valence-electron chi connectivity index (χ2n) is 5.36. The molecule has 0 aromatic rings. The number of nitrogens with one attached hydrogen (secondary N) is 1. The van der Waals surface area contributed by atoms with Crippen LogP contribution in [0.3, 0.4) is 0 Å². The fraction of sp³-hybridized carbons (Fsp3) is 0.846. The highest BCUT2D eigenvalue weighted by Crippen LogP contribution is 2.29. The van der Waals surface area contributed by atoms with Crippen molar-refractivity contribution in [3.8, 4) is 0 Å². The average molecular weight is 270 g/mol. The van der Waals surface area contributed by atoms with Crippen molar-refractivity contribution in [2.24, 2.45) is 5.92 Å². The first-order valence-corrected chi connectivity index (χ1v) is 7.01. The van der Waals surface area contributed by atoms with Gasteiger partial charge in [0, 0.05) is 26.2 Å². The van der Waals surface area contributed by atoms with E-state index in [1.165, 1.54) is 12.8 Å². The number of carbonyl (C=O) groups excluding carboxylic acids is 1. The van der Waals surface area contributed by atoms with Crippen molar-refractivity contribution >= 4 is 12.0 Å². The van der Waals surface area contributed by atoms with Gasteiger partial charge >= 0.3 is 12.0 Å². The zero-order valence-corrected chi connectivity index (χ0v) is 11.1. The van der Waals surface area contributed by atoms with Gasteiger partial charge in [0.1, 0.15) is 0 Å². The number of piperidine rings is 1. The fourth-order valence-corrected chi connectivity index (χ4v) is 2.20. The van der Waals surface area contributed by atoms with Gasteiger partial charge in [0.2, 0.25) is 0 Å². The summed E-state index contributed by atoms with van der Waals surface area (Å²) in [6.07, 6.45) is 4.59. The standard InChI is InChI=1S/C13H22N2O4/c16-12(17)5-6-14-13(18)15-7-1-2-11(8-15)19-9-10-3-4-10/h10-11H,1-9H2,(H,14,18)(H,16,17). The largest absolute Gasteiger partial charge is 0.481 e. The predicted molar refractivity (Wildman–Crippen MR) is 68.9 cm³/mol. The second kappa shape index (κ2) is 6.75. The van der Waals surface area contributed by atoms with E-state index in [4.69, 9.17) is 9.84 Å². The number of carbonyl (C=O) groups is 2. The molecule has 0 spiro atoms. The smallest absolute Gasteiger partial charge is 0.317 e. The minimum Gasteiger partial charge on any atom is -0.481 e. The van der Waals surface area contributed by atoms with E-state index in [0.29, 0.717) is 6.54 Å². The number of amides is 2. The number of carboxylic acid groups (broad SMARTS) is 1. The lowest BCUT2D eigenvalue weighted by Gasteiger charge is -2.32. The van der Waals surface area contributed by atoms with Gasteiger partial charge in [-0.2, -0.15) is 0 Å². The first-order chi connectivity index (χ1) is 9.15. The highest BCUT2D eigenvalue weighted by molar-refractivity contribution is 5.75. The molecule has 2 amide bonds. The number of aliphatic carboxylic acids is 1. The molecule has 108 valence electrons. The molecule has 6 heteroatoms. The van der Waals surface area contributed by atoms with Crippen LogP contribution in [0.25, 0.3) is 0 Å². The molecular formula is C13H22N2O4. The van der Waals surface area contributed by atoms with Crippen LogP contribution in [0, 0.1) is 5.92 Å². The summed E-state index contributed by atoms with van der Waals surface area (Å²) in [5.74, 6) is -0.163. The molecule has 1 heterocycles. The van der Waals surface area contributed by atoms with E-state index in [2.05, 4.69) is 5.32 Å². The van der Waals surface area contributed by atoms with Crippen LogP contribution >= 0.6 is 0 Å². The third-order valence-corrected chi connectivity index (χ3v) is 3.55. The summed E-state index contributed by atoms with van der Waals surface area (Å²) in [5.41, 5.74) is 0. The van der Waals surface area contributed by atoms with Crippen molar-refractivity contribution in [1.82, 2.24) is 10.2 Å². The molecule has 1 aliphatic carbocycles. The van der Waals surface area contributed by atoms with Gasteiger partial charge in [-0.25, -0.2) is 4.79 Å². The van der Waals surface area contributed by atoms with Gasteiger partial charge in [-0.05, 0) is 31.6 Å². The second-order valence-corrected chi connectivity index (χ2v) is 5.36. The van der Waals surface area contributed by atoms with Crippen LogP contribution in [-0.2, 0) is 9.53 Å². The molecule has 0 bridgehead atoms. The topological polar surface area (TPSA) is 78.9 Å². The Balaban J connectivity index is 1.66. The highest BCUT2D eigenvalue weighted by Gasteiger charge is 2.27. The first kappa shape index (κ1) is 14.1. The van der Waals surface area contributed by atoms with Crippen molar-refractivity contribution < 1.29 is 19.4 Å². The SMILES string of the molecule is O=C(O)CCNC(=O)N1CCCC(OCC2CC2)C1. The van der Waals surface area contributed by atoms with E-state index in [1.54, 1.807) is 4.90 Å². The number of urea groups is 1. The van der Waals surface area contributed by atoms with E-state index in [9.17, 15) is 9.59 Å². The highest BCUT2D eigenvalue weighted by atomic mass is 16.5. The maximum atomic E-state index is 11.8. The van der Waals surface area contributed by atoms with Gasteiger partial charge in [0.05, 0.1) is 12.5 Å². The third kappa shape index (κ3) is 5.06. The van der Waals surface area contributed by atoms with Crippen LogP contribution in [-0.4, -0.2) is 54.4 Å². The summed E-state index contributed by atoms with van der Waals surface area (Å²) >= 11 is 0. The molecule has 0 aromatic carbocycles. The molecular weight excluding hydrogens is 248 g/mol. The van der Waals surface area contributed by atoms with E-state index in [-0.39, 0.29) is 25.1 Å². The molecule has 2 aliphatic rings. The van der Waals surface area contributed by atoms with Crippen molar-refractivity contribution in [1.29, 1.82) is 0 Å². The van der Waals surface area contributed by atoms with Crippen LogP contribution in [0.5, 0.6) is 0 Å². The number of likely N-dealkylation sites (tertiary alicyclic amines) is 1. The summed E-state index contributed by atoms with van der Waals surface area (Å²) in [6.45, 7) is 2.34. The summed E-state index contributed by atoms with van der Waals surface area (Å²) < 4.78 is 5.81. The predicted octanol–water partition coefficient (Wildman–Crippen LogP) is 1.06. The van der Waals surface area contributed by atoms with E-state index < -0.39 is 5.97 Å². The Labute approximate surface area is 113 Å². The maximum Gasteiger partial charge on any atom is 0.317 e. The van der Waals surface area contributed by atoms with E-state index in [0.717, 1.165) is 31.9 Å². The molecule has 1 saturated carbocycles. The lowest BCUT2D eigenvalue weighted by atomic mass is 10.1. The summed E-state index contributed by atoms with van der Waals surface area (Å²) in [4.78, 5) is 23.9. The van der Waals surface area contributed by atoms with Crippen molar-refractivity contribution in [3.05, 3.63) is 0 Å². The van der Waals surface area contributed by atoms with E-state index >= 15 is 0 Å². The molecule has 1 aliphatic heterocycles. The van der Waals surface area contributed by atoms with Crippen LogP contribution in [0.4, 0.5) is 4.79 Å². The molecule has 2 rings (SSSR count). The third-order valence-electron chi connectivity index (χ3n) is 3.55. The van der Waals surface area contributed by atoms with Crippen LogP contribution < -0.4 is 5.32 Å². The van der Waals surface area contributed by atoms with Gasteiger partial charge < -0.3 is 20.1 Å². The van der Waals surface area contributed by atoms with E-state index in [1.807, 2.05) is 0 Å². The Morgan fingerprint density at radius 3 is 2.79 bits per heavy atom. The Kier molecular flexibility index (Phi) is 5.01. The van der Waals surface area contributed by atoms with Crippen LogP contribution in [0.15, 0.2) is 0 Å². The summed E-state index contributed by atoms with van der Waals surface area (Å²) in [7, 11) is 0. The zero-order chi connectivity index (χ0) is 13.7. The number of ether oxygens (including phenoxy) is 1. The number of hydrogen-bond acceptors (Lipinski definition) is 3. The monoisotopic (exact) mass is 270 g/mol.